The molecule has 0 heterocycles. The molecule has 0 aliphatic heterocycles. The second-order valence-corrected chi connectivity index (χ2v) is 6.51. The number of nitrogens with zero attached hydrogens (tertiary/aromatic N) is 1. The molecule has 0 atom stereocenters. The number of hydrogen-bond donors (Lipinski definition) is 1. The molecule has 0 aliphatic carbocycles. The molecular weight excluding hydrogens is 324 g/mol. The smallest absolute Gasteiger partial charge is 0.174 e. The Morgan fingerprint density at radius 3 is 1.88 bits per heavy atom. The van der Waals surface area contributed by atoms with Gasteiger partial charge < -0.3 is 10.2 Å². The molecule has 0 fully saturated rings. The Hall–Kier alpha value is -2.65. The average Bonchev–Trinajstić information content (AvgIpc) is 2.63. The molecule has 0 saturated heterocycles. The minimum absolute atomic E-state index is 0.735. The van der Waals surface area contributed by atoms with Crippen molar-refractivity contribution in [3.63, 3.8) is 0 Å². The van der Waals surface area contributed by atoms with E-state index in [1.165, 1.54) is 16.7 Å². The van der Waals surface area contributed by atoms with Gasteiger partial charge in [-0.15, -0.1) is 0 Å². The molecule has 0 aromatic heterocycles. The van der Waals surface area contributed by atoms with E-state index in [1.54, 1.807) is 0 Å². The van der Waals surface area contributed by atoms with Gasteiger partial charge in [-0.1, -0.05) is 72.8 Å². The minimum Gasteiger partial charge on any atom is -0.340 e. The maximum absolute atomic E-state index is 5.71. The van der Waals surface area contributed by atoms with Gasteiger partial charge in [0.25, 0.3) is 0 Å². The Labute approximate surface area is 155 Å². The summed E-state index contributed by atoms with van der Waals surface area (Å²) in [5, 5.41) is 4.12. The van der Waals surface area contributed by atoms with Crippen molar-refractivity contribution in [1.82, 2.24) is 4.90 Å². The van der Waals surface area contributed by atoms with Gasteiger partial charge in [0.2, 0.25) is 0 Å². The quantitative estimate of drug-likeness (QED) is 0.623. The molecule has 0 radical (unpaired) electrons. The van der Waals surface area contributed by atoms with Crippen LogP contribution in [0.1, 0.15) is 16.7 Å². The fourth-order valence-electron chi connectivity index (χ4n) is 2.73. The molecule has 2 nitrogen and oxygen atoms in total. The summed E-state index contributed by atoms with van der Waals surface area (Å²) < 4.78 is 0. The van der Waals surface area contributed by atoms with Gasteiger partial charge in [0.15, 0.2) is 5.11 Å². The average molecular weight is 346 g/mol. The molecule has 1 N–H and O–H groups in total. The maximum atomic E-state index is 5.71. The molecule has 0 amide bonds. The van der Waals surface area contributed by atoms with E-state index >= 15 is 0 Å². The molecule has 0 unspecified atom stereocenters. The summed E-state index contributed by atoms with van der Waals surface area (Å²) in [6.45, 7) is 3.63. The van der Waals surface area contributed by atoms with E-state index in [0.717, 1.165) is 23.9 Å². The van der Waals surface area contributed by atoms with Gasteiger partial charge in [0, 0.05) is 18.8 Å². The van der Waals surface area contributed by atoms with E-state index in [9.17, 15) is 0 Å². The van der Waals surface area contributed by atoms with Crippen LogP contribution in [0.3, 0.4) is 0 Å². The molecule has 0 aliphatic rings. The predicted molar refractivity (Wildman–Crippen MR) is 110 cm³/mol. The van der Waals surface area contributed by atoms with Crippen LogP contribution in [0.25, 0.3) is 0 Å². The van der Waals surface area contributed by atoms with Gasteiger partial charge in [0.1, 0.15) is 0 Å². The second kappa shape index (κ2) is 8.45. The summed E-state index contributed by atoms with van der Waals surface area (Å²) in [5.41, 5.74) is 4.72. The molecule has 3 rings (SSSR count). The largest absolute Gasteiger partial charge is 0.340 e. The van der Waals surface area contributed by atoms with Crippen LogP contribution in [0.2, 0.25) is 0 Å². The molecule has 3 aromatic carbocycles. The molecule has 0 spiro atoms. The Morgan fingerprint density at radius 2 is 1.36 bits per heavy atom. The van der Waals surface area contributed by atoms with Gasteiger partial charge in [-0.3, -0.25) is 0 Å². The Kier molecular flexibility index (Phi) is 5.81. The van der Waals surface area contributed by atoms with Gasteiger partial charge in [-0.25, -0.2) is 0 Å². The van der Waals surface area contributed by atoms with Crippen molar-refractivity contribution in [3.05, 3.63) is 102 Å². The Balaban J connectivity index is 1.78. The van der Waals surface area contributed by atoms with Gasteiger partial charge in [-0.05, 0) is 48.0 Å². The number of hydrogen-bond acceptors (Lipinski definition) is 1. The first-order valence-corrected chi connectivity index (χ1v) is 8.82. The Morgan fingerprint density at radius 1 is 0.800 bits per heavy atom. The molecular formula is C22H22N2S. The third-order valence-electron chi connectivity index (χ3n) is 3.99. The van der Waals surface area contributed by atoms with Crippen molar-refractivity contribution in [2.45, 2.75) is 20.0 Å². The second-order valence-electron chi connectivity index (χ2n) is 6.13. The Bertz CT molecular complexity index is 774. The standard InChI is InChI=1S/C22H22N2S/c1-18-9-8-14-21(15-18)23-22(25)24(16-19-10-4-2-5-11-19)17-20-12-6-3-7-13-20/h2-15H,16-17H2,1H3,(H,23,25). The first-order valence-electron chi connectivity index (χ1n) is 8.41. The topological polar surface area (TPSA) is 15.3 Å². The lowest BCUT2D eigenvalue weighted by molar-refractivity contribution is 0.413. The van der Waals surface area contributed by atoms with E-state index < -0.39 is 0 Å². The molecule has 0 bridgehead atoms. The van der Waals surface area contributed by atoms with Gasteiger partial charge in [0.05, 0.1) is 0 Å². The van der Waals surface area contributed by atoms with Crippen LogP contribution in [-0.4, -0.2) is 10.0 Å². The third-order valence-corrected chi connectivity index (χ3v) is 4.35. The summed E-state index contributed by atoms with van der Waals surface area (Å²) in [5.74, 6) is 0. The fourth-order valence-corrected chi connectivity index (χ4v) is 2.98. The first kappa shape index (κ1) is 17.2. The SMILES string of the molecule is Cc1cccc(NC(=S)N(Cc2ccccc2)Cc2ccccc2)c1. The summed E-state index contributed by atoms with van der Waals surface area (Å²) in [6, 6.07) is 29.1. The fraction of sp³-hybridized carbons (Fsp3) is 0.136. The number of thiocarbonyl (C=S) groups is 1. The highest BCUT2D eigenvalue weighted by molar-refractivity contribution is 7.80. The minimum atomic E-state index is 0.735. The van der Waals surface area contributed by atoms with Crippen LogP contribution >= 0.6 is 12.2 Å². The normalized spacial score (nSPS) is 10.3. The zero-order chi connectivity index (χ0) is 17.5. The maximum Gasteiger partial charge on any atom is 0.174 e. The molecule has 3 aromatic rings. The monoisotopic (exact) mass is 346 g/mol. The van der Waals surface area contributed by atoms with Crippen molar-refractivity contribution in [2.75, 3.05) is 5.32 Å². The zero-order valence-electron chi connectivity index (χ0n) is 14.4. The summed E-state index contributed by atoms with van der Waals surface area (Å²) in [6.07, 6.45) is 0. The van der Waals surface area contributed by atoms with Gasteiger partial charge in [-0.2, -0.15) is 0 Å². The highest BCUT2D eigenvalue weighted by Crippen LogP contribution is 2.15. The third kappa shape index (κ3) is 5.16. The van der Waals surface area contributed by atoms with Crippen LogP contribution in [0.4, 0.5) is 5.69 Å². The highest BCUT2D eigenvalue weighted by atomic mass is 32.1. The zero-order valence-corrected chi connectivity index (χ0v) is 15.2. The van der Waals surface area contributed by atoms with E-state index in [1.807, 2.05) is 24.3 Å². The van der Waals surface area contributed by atoms with Crippen molar-refractivity contribution in [3.8, 4) is 0 Å². The predicted octanol–water partition coefficient (Wildman–Crippen LogP) is 5.39. The van der Waals surface area contributed by atoms with E-state index in [-0.39, 0.29) is 0 Å². The number of anilines is 1. The lowest BCUT2D eigenvalue weighted by Gasteiger charge is -2.26. The first-order chi connectivity index (χ1) is 12.2. The van der Waals surface area contributed by atoms with E-state index in [0.29, 0.717) is 0 Å². The van der Waals surface area contributed by atoms with Gasteiger partial charge >= 0.3 is 0 Å². The lowest BCUT2D eigenvalue weighted by atomic mass is 10.2. The van der Waals surface area contributed by atoms with Crippen LogP contribution in [0, 0.1) is 6.92 Å². The van der Waals surface area contributed by atoms with Crippen LogP contribution in [0.15, 0.2) is 84.9 Å². The van der Waals surface area contributed by atoms with E-state index in [4.69, 9.17) is 12.2 Å². The number of aryl methyl sites for hydroxylation is 1. The van der Waals surface area contributed by atoms with Crippen molar-refractivity contribution in [2.24, 2.45) is 0 Å². The lowest BCUT2D eigenvalue weighted by Crippen LogP contribution is -2.33. The molecule has 3 heteroatoms. The molecule has 25 heavy (non-hydrogen) atoms. The summed E-state index contributed by atoms with van der Waals surface area (Å²) in [7, 11) is 0. The van der Waals surface area contributed by atoms with Crippen LogP contribution in [0.5, 0.6) is 0 Å². The summed E-state index contributed by atoms with van der Waals surface area (Å²) in [4.78, 5) is 2.20. The number of rotatable bonds is 5. The summed E-state index contributed by atoms with van der Waals surface area (Å²) >= 11 is 5.71. The number of benzene rings is 3. The van der Waals surface area contributed by atoms with E-state index in [2.05, 4.69) is 77.8 Å². The number of nitrogens with one attached hydrogen (secondary N) is 1. The van der Waals surface area contributed by atoms with Crippen LogP contribution in [-0.2, 0) is 13.1 Å². The van der Waals surface area contributed by atoms with Crippen molar-refractivity contribution >= 4 is 23.0 Å². The molecule has 126 valence electrons. The van der Waals surface area contributed by atoms with Crippen LogP contribution < -0.4 is 5.32 Å². The molecule has 0 saturated carbocycles. The van der Waals surface area contributed by atoms with Crippen molar-refractivity contribution < 1.29 is 0 Å². The highest BCUT2D eigenvalue weighted by Gasteiger charge is 2.11. The van der Waals surface area contributed by atoms with Crippen molar-refractivity contribution in [1.29, 1.82) is 0 Å².